The SMILES string of the molecule is CCOC(=O)NCCC(=O)NCC(c1ccc(C)o1)N1CCCC1. The molecule has 1 aromatic rings. The summed E-state index contributed by atoms with van der Waals surface area (Å²) in [5.74, 6) is 1.66. The van der Waals surface area contributed by atoms with Gasteiger partial charge in [0, 0.05) is 19.5 Å². The summed E-state index contributed by atoms with van der Waals surface area (Å²) in [4.78, 5) is 25.5. The van der Waals surface area contributed by atoms with Crippen molar-refractivity contribution in [2.45, 2.75) is 39.2 Å². The largest absolute Gasteiger partial charge is 0.465 e. The monoisotopic (exact) mass is 337 g/mol. The highest BCUT2D eigenvalue weighted by atomic mass is 16.5. The first kappa shape index (κ1) is 18.3. The average Bonchev–Trinajstić information content (AvgIpc) is 3.20. The molecule has 0 spiro atoms. The average molecular weight is 337 g/mol. The molecule has 1 saturated heterocycles. The Morgan fingerprint density at radius 2 is 2.04 bits per heavy atom. The van der Waals surface area contributed by atoms with E-state index in [1.807, 2.05) is 19.1 Å². The minimum absolute atomic E-state index is 0.0585. The Balaban J connectivity index is 1.79. The fourth-order valence-corrected chi connectivity index (χ4v) is 2.85. The lowest BCUT2D eigenvalue weighted by Gasteiger charge is -2.26. The fourth-order valence-electron chi connectivity index (χ4n) is 2.85. The molecule has 1 aliphatic heterocycles. The summed E-state index contributed by atoms with van der Waals surface area (Å²) in [6, 6.07) is 3.99. The highest BCUT2D eigenvalue weighted by Gasteiger charge is 2.26. The molecule has 2 N–H and O–H groups in total. The summed E-state index contributed by atoms with van der Waals surface area (Å²) in [6.07, 6.45) is 2.08. The van der Waals surface area contributed by atoms with E-state index >= 15 is 0 Å². The van der Waals surface area contributed by atoms with E-state index in [9.17, 15) is 9.59 Å². The van der Waals surface area contributed by atoms with E-state index in [4.69, 9.17) is 9.15 Å². The molecule has 7 heteroatoms. The molecule has 0 saturated carbocycles. The Hall–Kier alpha value is -2.02. The summed E-state index contributed by atoms with van der Waals surface area (Å²) in [6.45, 7) is 6.78. The standard InChI is InChI=1S/C17H27N3O4/c1-3-23-17(22)18-9-8-16(21)19-12-14(20-10-4-5-11-20)15-7-6-13(2)24-15/h6-7,14H,3-5,8-12H2,1-2H3,(H,18,22)(H,19,21). The smallest absolute Gasteiger partial charge is 0.407 e. The third-order valence-electron chi connectivity index (χ3n) is 4.06. The van der Waals surface area contributed by atoms with Gasteiger partial charge in [0.1, 0.15) is 11.5 Å². The number of hydrogen-bond donors (Lipinski definition) is 2. The van der Waals surface area contributed by atoms with Gasteiger partial charge < -0.3 is 19.8 Å². The summed E-state index contributed by atoms with van der Waals surface area (Å²) < 4.78 is 10.5. The highest BCUT2D eigenvalue weighted by Crippen LogP contribution is 2.26. The van der Waals surface area contributed by atoms with Gasteiger partial charge in [-0.05, 0) is 51.9 Å². The van der Waals surface area contributed by atoms with E-state index in [1.54, 1.807) is 6.92 Å². The molecule has 2 heterocycles. The Bertz CT molecular complexity index is 538. The maximum atomic E-state index is 12.0. The van der Waals surface area contributed by atoms with Crippen LogP contribution in [0.3, 0.4) is 0 Å². The molecule has 1 aliphatic rings. The molecule has 1 atom stereocenters. The van der Waals surface area contributed by atoms with Crippen molar-refractivity contribution in [1.82, 2.24) is 15.5 Å². The van der Waals surface area contributed by atoms with Crippen LogP contribution >= 0.6 is 0 Å². The number of nitrogens with zero attached hydrogens (tertiary/aromatic N) is 1. The zero-order valence-corrected chi connectivity index (χ0v) is 14.5. The molecule has 7 nitrogen and oxygen atoms in total. The van der Waals surface area contributed by atoms with E-state index in [1.165, 1.54) is 12.8 Å². The van der Waals surface area contributed by atoms with Crippen molar-refractivity contribution in [1.29, 1.82) is 0 Å². The van der Waals surface area contributed by atoms with Crippen LogP contribution < -0.4 is 10.6 Å². The minimum atomic E-state index is -0.494. The van der Waals surface area contributed by atoms with Crippen molar-refractivity contribution in [2.75, 3.05) is 32.8 Å². The minimum Gasteiger partial charge on any atom is -0.465 e. The first-order chi connectivity index (χ1) is 11.6. The first-order valence-corrected chi connectivity index (χ1v) is 8.58. The number of aryl methyl sites for hydroxylation is 1. The highest BCUT2D eigenvalue weighted by molar-refractivity contribution is 5.77. The molecule has 1 fully saturated rings. The van der Waals surface area contributed by atoms with Gasteiger partial charge in [-0.3, -0.25) is 9.69 Å². The molecule has 2 amide bonds. The van der Waals surface area contributed by atoms with E-state index < -0.39 is 6.09 Å². The van der Waals surface area contributed by atoms with Crippen molar-refractivity contribution >= 4 is 12.0 Å². The zero-order chi connectivity index (χ0) is 17.4. The second-order valence-corrected chi connectivity index (χ2v) is 5.91. The van der Waals surface area contributed by atoms with Crippen molar-refractivity contribution in [2.24, 2.45) is 0 Å². The van der Waals surface area contributed by atoms with Gasteiger partial charge in [-0.2, -0.15) is 0 Å². The van der Waals surface area contributed by atoms with Crippen molar-refractivity contribution in [3.8, 4) is 0 Å². The van der Waals surface area contributed by atoms with Crippen LogP contribution in [0.25, 0.3) is 0 Å². The lowest BCUT2D eigenvalue weighted by Crippen LogP contribution is -2.38. The fraction of sp³-hybridized carbons (Fsp3) is 0.647. The molecule has 0 aromatic carbocycles. The number of ether oxygens (including phenoxy) is 1. The Kier molecular flexibility index (Phi) is 7.11. The quantitative estimate of drug-likeness (QED) is 0.758. The van der Waals surface area contributed by atoms with Gasteiger partial charge in [-0.1, -0.05) is 0 Å². The lowest BCUT2D eigenvalue weighted by atomic mass is 10.2. The molecule has 1 unspecified atom stereocenters. The molecule has 134 valence electrons. The zero-order valence-electron chi connectivity index (χ0n) is 14.5. The summed E-state index contributed by atoms with van der Waals surface area (Å²) in [7, 11) is 0. The normalized spacial score (nSPS) is 15.9. The lowest BCUT2D eigenvalue weighted by molar-refractivity contribution is -0.121. The second kappa shape index (κ2) is 9.32. The molecule has 0 radical (unpaired) electrons. The molecule has 0 aliphatic carbocycles. The van der Waals surface area contributed by atoms with Gasteiger partial charge >= 0.3 is 6.09 Å². The summed E-state index contributed by atoms with van der Waals surface area (Å²) in [5.41, 5.74) is 0. The number of hydrogen-bond acceptors (Lipinski definition) is 5. The maximum absolute atomic E-state index is 12.0. The van der Waals surface area contributed by atoms with Crippen LogP contribution in [0, 0.1) is 6.92 Å². The maximum Gasteiger partial charge on any atom is 0.407 e. The predicted molar refractivity (Wildman–Crippen MR) is 89.6 cm³/mol. The van der Waals surface area contributed by atoms with E-state index in [0.717, 1.165) is 24.6 Å². The van der Waals surface area contributed by atoms with Crippen LogP contribution in [0.4, 0.5) is 4.79 Å². The molecular formula is C17H27N3O4. The van der Waals surface area contributed by atoms with Crippen LogP contribution in [0.5, 0.6) is 0 Å². The number of carbonyl (C=O) groups is 2. The van der Waals surface area contributed by atoms with Crippen LogP contribution in [-0.2, 0) is 9.53 Å². The second-order valence-electron chi connectivity index (χ2n) is 5.91. The van der Waals surface area contributed by atoms with Gasteiger partial charge in [-0.25, -0.2) is 4.79 Å². The Morgan fingerprint density at radius 3 is 2.67 bits per heavy atom. The number of nitrogens with one attached hydrogen (secondary N) is 2. The first-order valence-electron chi connectivity index (χ1n) is 8.58. The van der Waals surface area contributed by atoms with Gasteiger partial charge in [0.25, 0.3) is 0 Å². The number of amides is 2. The Morgan fingerprint density at radius 1 is 1.29 bits per heavy atom. The van der Waals surface area contributed by atoms with Crippen LogP contribution in [-0.4, -0.2) is 49.7 Å². The summed E-state index contributed by atoms with van der Waals surface area (Å²) in [5, 5.41) is 5.48. The topological polar surface area (TPSA) is 83.8 Å². The molecule has 0 bridgehead atoms. The number of carbonyl (C=O) groups excluding carboxylic acids is 2. The van der Waals surface area contributed by atoms with E-state index in [0.29, 0.717) is 13.2 Å². The van der Waals surface area contributed by atoms with Gasteiger partial charge in [0.15, 0.2) is 0 Å². The molecule has 24 heavy (non-hydrogen) atoms. The van der Waals surface area contributed by atoms with E-state index in [-0.39, 0.29) is 24.9 Å². The number of rotatable bonds is 8. The molecular weight excluding hydrogens is 310 g/mol. The summed E-state index contributed by atoms with van der Waals surface area (Å²) >= 11 is 0. The predicted octanol–water partition coefficient (Wildman–Crippen LogP) is 1.98. The number of furan rings is 1. The van der Waals surface area contributed by atoms with Gasteiger partial charge in [0.05, 0.1) is 12.6 Å². The molecule has 1 aromatic heterocycles. The third kappa shape index (κ3) is 5.56. The third-order valence-corrected chi connectivity index (χ3v) is 4.06. The van der Waals surface area contributed by atoms with E-state index in [2.05, 4.69) is 15.5 Å². The van der Waals surface area contributed by atoms with Crippen molar-refractivity contribution in [3.05, 3.63) is 23.7 Å². The number of alkyl carbamates (subject to hydrolysis) is 1. The van der Waals surface area contributed by atoms with Crippen LogP contribution in [0.1, 0.15) is 43.7 Å². The van der Waals surface area contributed by atoms with Gasteiger partial charge in [-0.15, -0.1) is 0 Å². The van der Waals surface area contributed by atoms with Crippen LogP contribution in [0.2, 0.25) is 0 Å². The van der Waals surface area contributed by atoms with Crippen molar-refractivity contribution < 1.29 is 18.7 Å². The Labute approximate surface area is 142 Å². The number of likely N-dealkylation sites (tertiary alicyclic amines) is 1. The molecule has 2 rings (SSSR count). The van der Waals surface area contributed by atoms with Crippen molar-refractivity contribution in [3.63, 3.8) is 0 Å². The van der Waals surface area contributed by atoms with Gasteiger partial charge in [0.2, 0.25) is 5.91 Å². The van der Waals surface area contributed by atoms with Crippen LogP contribution in [0.15, 0.2) is 16.5 Å².